The van der Waals surface area contributed by atoms with Crippen LogP contribution >= 0.6 is 0 Å². The summed E-state index contributed by atoms with van der Waals surface area (Å²) in [6.07, 6.45) is 27.1. The molecule has 0 aromatic heterocycles. The Labute approximate surface area is 216 Å². The van der Waals surface area contributed by atoms with Crippen molar-refractivity contribution in [1.29, 1.82) is 0 Å². The van der Waals surface area contributed by atoms with E-state index in [0.717, 1.165) is 0 Å². The third-order valence-corrected chi connectivity index (χ3v) is 9.26. The monoisotopic (exact) mass is 574 g/mol. The van der Waals surface area contributed by atoms with E-state index in [2.05, 4.69) is 27.7 Å². The van der Waals surface area contributed by atoms with Gasteiger partial charge in [-0.25, -0.2) is 0 Å². The summed E-state index contributed by atoms with van der Waals surface area (Å²) in [5.41, 5.74) is 0. The van der Waals surface area contributed by atoms with E-state index in [9.17, 15) is 19.8 Å². The van der Waals surface area contributed by atoms with Crippen LogP contribution in [0.4, 0.5) is 0 Å². The number of aliphatic carboxylic acids is 2. The number of carbonyl (C=O) groups is 2. The van der Waals surface area contributed by atoms with Gasteiger partial charge in [0.25, 0.3) is 0 Å². The summed E-state index contributed by atoms with van der Waals surface area (Å²) in [5, 5.41) is 18.8. The zero-order chi connectivity index (χ0) is 25.4. The minimum atomic E-state index is -1.55. The van der Waals surface area contributed by atoms with Crippen LogP contribution in [0.2, 0.25) is 8.87 Å². The molecular formula is C28H54O4Sn. The normalized spacial score (nSPS) is 10.1. The second kappa shape index (κ2) is 36.1. The third kappa shape index (κ3) is 49.6. The molecule has 0 aliphatic carbocycles. The molecule has 4 nitrogen and oxygen atoms in total. The van der Waals surface area contributed by atoms with Crippen molar-refractivity contribution in [1.82, 2.24) is 0 Å². The third-order valence-electron chi connectivity index (χ3n) is 5.23. The molecule has 0 atom stereocenters. The van der Waals surface area contributed by atoms with E-state index >= 15 is 0 Å². The molecule has 0 unspecified atom stereocenters. The summed E-state index contributed by atoms with van der Waals surface area (Å²) >= 11 is 0.0736. The largest absolute Gasteiger partial charge is 0.545 e. The van der Waals surface area contributed by atoms with Crippen molar-refractivity contribution in [2.75, 3.05) is 0 Å². The Morgan fingerprint density at radius 3 is 0.970 bits per heavy atom. The van der Waals surface area contributed by atoms with Gasteiger partial charge in [0, 0.05) is 0 Å². The van der Waals surface area contributed by atoms with E-state index < -0.39 is 11.9 Å². The van der Waals surface area contributed by atoms with Gasteiger partial charge in [-0.1, -0.05) is 52.4 Å². The zero-order valence-electron chi connectivity index (χ0n) is 22.4. The SMILES string of the molecule is CCCCCCCC.CCCCCCC[CH2][Sn+2][CH2]CCCCCCC.O=C([O-])/C=C\C(=O)[O-]. The summed E-state index contributed by atoms with van der Waals surface area (Å²) in [7, 11) is 0. The molecule has 0 aromatic rings. The summed E-state index contributed by atoms with van der Waals surface area (Å²) in [5.74, 6) is -3.09. The smallest absolute Gasteiger partial charge is 0.0643 e. The molecule has 33 heavy (non-hydrogen) atoms. The van der Waals surface area contributed by atoms with Crippen molar-refractivity contribution in [3.8, 4) is 0 Å². The predicted molar refractivity (Wildman–Crippen MR) is 140 cm³/mol. The molecule has 0 aromatic carbocycles. The first-order chi connectivity index (χ1) is 16.0. The molecule has 0 spiro atoms. The topological polar surface area (TPSA) is 80.3 Å². The zero-order valence-corrected chi connectivity index (χ0v) is 25.3. The average Bonchev–Trinajstić information content (AvgIpc) is 2.79. The van der Waals surface area contributed by atoms with Crippen LogP contribution in [-0.4, -0.2) is 33.1 Å². The number of rotatable bonds is 21. The van der Waals surface area contributed by atoms with Crippen molar-refractivity contribution in [3.05, 3.63) is 12.2 Å². The molecule has 0 heterocycles. The predicted octanol–water partition coefficient (Wildman–Crippen LogP) is 6.66. The summed E-state index contributed by atoms with van der Waals surface area (Å²) in [6, 6.07) is 0. The minimum absolute atomic E-state index is 0.0736. The molecular weight excluding hydrogens is 519 g/mol. The summed E-state index contributed by atoms with van der Waals surface area (Å²) in [4.78, 5) is 18.8. The number of carboxylic acid groups (broad SMARTS) is 2. The Kier molecular flexibility index (Phi) is 40.5. The Balaban J connectivity index is -0.000000468. The first kappa shape index (κ1) is 37.0. The van der Waals surface area contributed by atoms with Crippen LogP contribution in [0.15, 0.2) is 12.2 Å². The van der Waals surface area contributed by atoms with E-state index in [1.165, 1.54) is 103 Å². The van der Waals surface area contributed by atoms with Gasteiger partial charge in [0.05, 0.1) is 11.9 Å². The van der Waals surface area contributed by atoms with Crippen molar-refractivity contribution in [2.45, 2.75) is 152 Å². The van der Waals surface area contributed by atoms with Crippen LogP contribution in [0.3, 0.4) is 0 Å². The van der Waals surface area contributed by atoms with E-state index in [1.807, 2.05) is 0 Å². The second-order valence-corrected chi connectivity index (χ2v) is 13.0. The number of hydrogen-bond donors (Lipinski definition) is 0. The molecule has 0 bridgehead atoms. The second-order valence-electron chi connectivity index (χ2n) is 8.67. The fraction of sp³-hybridized carbons (Fsp3) is 0.857. The van der Waals surface area contributed by atoms with Gasteiger partial charge >= 0.3 is 121 Å². The maximum absolute atomic E-state index is 9.41. The van der Waals surface area contributed by atoms with Gasteiger partial charge in [0.2, 0.25) is 0 Å². The molecule has 0 rings (SSSR count). The van der Waals surface area contributed by atoms with Gasteiger partial charge in [-0.3, -0.25) is 0 Å². The Bertz CT molecular complexity index is 375. The first-order valence-corrected chi connectivity index (χ1v) is 17.8. The van der Waals surface area contributed by atoms with Gasteiger partial charge in [-0.05, 0) is 12.2 Å². The molecule has 0 N–H and O–H groups in total. The van der Waals surface area contributed by atoms with Gasteiger partial charge in [0.1, 0.15) is 0 Å². The molecule has 0 saturated carbocycles. The van der Waals surface area contributed by atoms with Crippen LogP contribution in [0.25, 0.3) is 0 Å². The molecule has 0 radical (unpaired) electrons. The maximum Gasteiger partial charge on any atom is 0.0643 e. The maximum atomic E-state index is 9.41. The fourth-order valence-corrected chi connectivity index (χ4v) is 6.74. The molecule has 5 heteroatoms. The van der Waals surface area contributed by atoms with Crippen LogP contribution in [0.5, 0.6) is 0 Å². The van der Waals surface area contributed by atoms with Crippen molar-refractivity contribution in [2.24, 2.45) is 0 Å². The molecule has 0 saturated heterocycles. The molecule has 0 amide bonds. The Morgan fingerprint density at radius 2 is 0.727 bits per heavy atom. The molecule has 0 aliphatic rings. The first-order valence-electron chi connectivity index (χ1n) is 13.8. The van der Waals surface area contributed by atoms with Crippen molar-refractivity contribution >= 4 is 33.1 Å². The number of carbonyl (C=O) groups excluding carboxylic acids is 2. The number of carboxylic acids is 2. The van der Waals surface area contributed by atoms with Crippen molar-refractivity contribution in [3.63, 3.8) is 0 Å². The van der Waals surface area contributed by atoms with Gasteiger partial charge < -0.3 is 19.8 Å². The van der Waals surface area contributed by atoms with Gasteiger partial charge in [-0.2, -0.15) is 0 Å². The Hall–Kier alpha value is -0.521. The minimum Gasteiger partial charge on any atom is -0.545 e. The summed E-state index contributed by atoms with van der Waals surface area (Å²) in [6.45, 7) is 9.11. The van der Waals surface area contributed by atoms with Crippen LogP contribution in [0, 0.1) is 0 Å². The van der Waals surface area contributed by atoms with E-state index in [1.54, 1.807) is 21.7 Å². The van der Waals surface area contributed by atoms with Crippen molar-refractivity contribution < 1.29 is 19.8 Å². The molecule has 0 aliphatic heterocycles. The summed E-state index contributed by atoms with van der Waals surface area (Å²) < 4.78 is 3.31. The van der Waals surface area contributed by atoms with Crippen LogP contribution in [0.1, 0.15) is 143 Å². The number of unbranched alkanes of at least 4 members (excludes halogenated alkanes) is 15. The Morgan fingerprint density at radius 1 is 0.485 bits per heavy atom. The van der Waals surface area contributed by atoms with E-state index in [4.69, 9.17) is 0 Å². The van der Waals surface area contributed by atoms with Gasteiger partial charge in [0.15, 0.2) is 0 Å². The molecule has 0 fully saturated rings. The quantitative estimate of drug-likeness (QED) is 0.0875. The number of hydrogen-bond acceptors (Lipinski definition) is 4. The standard InChI is InChI=1S/C8H18.2C8H17.C4H4O4.Sn/c3*1-3-5-7-8-6-4-2;5-3(6)1-2-4(7)8;/h3-8H2,1-2H3;2*1,3-8H2,2H3;1-2H,(H,5,6)(H,7,8);/q;;;;+2/p-2/b;;;2-1-;. The average molecular weight is 573 g/mol. The van der Waals surface area contributed by atoms with E-state index in [-0.39, 0.29) is 21.1 Å². The molecule has 194 valence electrons. The van der Waals surface area contributed by atoms with Gasteiger partial charge in [-0.15, -0.1) is 0 Å². The van der Waals surface area contributed by atoms with Crippen LogP contribution in [-0.2, 0) is 9.59 Å². The van der Waals surface area contributed by atoms with E-state index in [0.29, 0.717) is 12.2 Å². The fourth-order valence-electron chi connectivity index (χ4n) is 3.18. The van der Waals surface area contributed by atoms with Crippen LogP contribution < -0.4 is 10.2 Å².